The van der Waals surface area contributed by atoms with Crippen LogP contribution < -0.4 is 5.32 Å². The molecule has 0 spiro atoms. The van der Waals surface area contributed by atoms with Crippen molar-refractivity contribution in [2.24, 2.45) is 0 Å². The van der Waals surface area contributed by atoms with Gasteiger partial charge in [-0.2, -0.15) is 0 Å². The van der Waals surface area contributed by atoms with Gasteiger partial charge < -0.3 is 10.1 Å². The second-order valence-corrected chi connectivity index (χ2v) is 5.00. The van der Waals surface area contributed by atoms with Crippen LogP contribution in [0.5, 0.6) is 0 Å². The molecule has 1 fully saturated rings. The van der Waals surface area contributed by atoms with Crippen molar-refractivity contribution in [2.75, 3.05) is 39.4 Å². The van der Waals surface area contributed by atoms with Gasteiger partial charge in [0.25, 0.3) is 0 Å². The Hall–Kier alpha value is -0.900. The molecule has 1 N–H and O–H groups in total. The predicted molar refractivity (Wildman–Crippen MR) is 74.9 cm³/mol. The van der Waals surface area contributed by atoms with Crippen LogP contribution in [0.2, 0.25) is 0 Å². The monoisotopic (exact) mass is 248 g/mol. The number of nitrogens with one attached hydrogen (secondary N) is 1. The lowest BCUT2D eigenvalue weighted by molar-refractivity contribution is 0.0344. The second kappa shape index (κ2) is 7.52. The zero-order chi connectivity index (χ0) is 12.6. The third-order valence-electron chi connectivity index (χ3n) is 3.39. The number of hydrogen-bond acceptors (Lipinski definition) is 3. The fourth-order valence-electron chi connectivity index (χ4n) is 2.34. The summed E-state index contributed by atoms with van der Waals surface area (Å²) in [6.07, 6.45) is 1.11. The van der Waals surface area contributed by atoms with E-state index >= 15 is 0 Å². The van der Waals surface area contributed by atoms with E-state index in [1.54, 1.807) is 0 Å². The largest absolute Gasteiger partial charge is 0.379 e. The minimum atomic E-state index is 0.548. The van der Waals surface area contributed by atoms with Crippen LogP contribution in [0.15, 0.2) is 30.3 Å². The van der Waals surface area contributed by atoms with E-state index in [4.69, 9.17) is 4.74 Å². The van der Waals surface area contributed by atoms with E-state index in [0.717, 1.165) is 45.8 Å². The van der Waals surface area contributed by atoms with Crippen molar-refractivity contribution in [1.29, 1.82) is 0 Å². The van der Waals surface area contributed by atoms with E-state index in [1.807, 2.05) is 0 Å². The average molecular weight is 248 g/mol. The Morgan fingerprint density at radius 2 is 1.94 bits per heavy atom. The summed E-state index contributed by atoms with van der Waals surface area (Å²) >= 11 is 0. The quantitative estimate of drug-likeness (QED) is 0.826. The lowest BCUT2D eigenvalue weighted by Crippen LogP contribution is -2.44. The number of ether oxygens (including phenoxy) is 1. The topological polar surface area (TPSA) is 24.5 Å². The molecule has 0 radical (unpaired) electrons. The molecule has 1 unspecified atom stereocenters. The molecule has 1 heterocycles. The van der Waals surface area contributed by atoms with Gasteiger partial charge in [-0.3, -0.25) is 4.90 Å². The first kappa shape index (κ1) is 13.5. The average Bonchev–Trinajstić information content (AvgIpc) is 2.41. The van der Waals surface area contributed by atoms with Crippen molar-refractivity contribution in [3.8, 4) is 0 Å². The third-order valence-corrected chi connectivity index (χ3v) is 3.39. The fraction of sp³-hybridized carbons (Fsp3) is 0.600. The highest BCUT2D eigenvalue weighted by atomic mass is 16.5. The van der Waals surface area contributed by atoms with Crippen LogP contribution in [-0.2, 0) is 11.2 Å². The standard InChI is InChI=1S/C15H24N2O/c1-14(13-17-9-11-18-12-10-17)16-8-7-15-5-3-2-4-6-15/h2-6,14,16H,7-13H2,1H3. The Balaban J connectivity index is 1.61. The normalized spacial score (nSPS) is 18.7. The van der Waals surface area contributed by atoms with Crippen molar-refractivity contribution < 1.29 is 4.74 Å². The van der Waals surface area contributed by atoms with Crippen molar-refractivity contribution >= 4 is 0 Å². The van der Waals surface area contributed by atoms with Crippen LogP contribution in [0.25, 0.3) is 0 Å². The van der Waals surface area contributed by atoms with Gasteiger partial charge >= 0.3 is 0 Å². The number of benzene rings is 1. The first-order chi connectivity index (χ1) is 8.84. The molecule has 0 bridgehead atoms. The van der Waals surface area contributed by atoms with E-state index in [0.29, 0.717) is 6.04 Å². The maximum absolute atomic E-state index is 5.36. The van der Waals surface area contributed by atoms with Gasteiger partial charge in [-0.25, -0.2) is 0 Å². The fourth-order valence-corrected chi connectivity index (χ4v) is 2.34. The van der Waals surface area contributed by atoms with E-state index in [1.165, 1.54) is 5.56 Å². The van der Waals surface area contributed by atoms with E-state index in [9.17, 15) is 0 Å². The number of rotatable bonds is 6. The van der Waals surface area contributed by atoms with Crippen LogP contribution >= 0.6 is 0 Å². The molecule has 100 valence electrons. The molecule has 1 aliphatic rings. The molecule has 0 aliphatic carbocycles. The minimum absolute atomic E-state index is 0.548. The Morgan fingerprint density at radius 3 is 2.67 bits per heavy atom. The number of morpholine rings is 1. The van der Waals surface area contributed by atoms with E-state index in [2.05, 4.69) is 47.5 Å². The first-order valence-electron chi connectivity index (χ1n) is 6.92. The van der Waals surface area contributed by atoms with E-state index in [-0.39, 0.29) is 0 Å². The zero-order valence-electron chi connectivity index (χ0n) is 11.3. The van der Waals surface area contributed by atoms with Crippen molar-refractivity contribution in [3.63, 3.8) is 0 Å². The summed E-state index contributed by atoms with van der Waals surface area (Å²) < 4.78 is 5.36. The summed E-state index contributed by atoms with van der Waals surface area (Å²) in [6.45, 7) is 8.36. The zero-order valence-corrected chi connectivity index (χ0v) is 11.3. The Labute approximate surface area is 110 Å². The molecule has 1 aromatic carbocycles. The van der Waals surface area contributed by atoms with Gasteiger partial charge in [-0.15, -0.1) is 0 Å². The predicted octanol–water partition coefficient (Wildman–Crippen LogP) is 1.54. The highest BCUT2D eigenvalue weighted by Crippen LogP contribution is 2.00. The summed E-state index contributed by atoms with van der Waals surface area (Å²) in [6, 6.07) is 11.2. The highest BCUT2D eigenvalue weighted by molar-refractivity contribution is 5.14. The lowest BCUT2D eigenvalue weighted by atomic mass is 10.1. The molecule has 3 heteroatoms. The molecule has 18 heavy (non-hydrogen) atoms. The van der Waals surface area contributed by atoms with Crippen LogP contribution in [0, 0.1) is 0 Å². The smallest absolute Gasteiger partial charge is 0.0594 e. The van der Waals surface area contributed by atoms with Gasteiger partial charge in [0.05, 0.1) is 13.2 Å². The molecule has 1 atom stereocenters. The van der Waals surface area contributed by atoms with Gasteiger partial charge in [0.1, 0.15) is 0 Å². The van der Waals surface area contributed by atoms with Gasteiger partial charge in [-0.05, 0) is 25.5 Å². The summed E-state index contributed by atoms with van der Waals surface area (Å²) in [5.74, 6) is 0. The highest BCUT2D eigenvalue weighted by Gasteiger charge is 2.12. The first-order valence-corrected chi connectivity index (χ1v) is 6.92. The Morgan fingerprint density at radius 1 is 1.22 bits per heavy atom. The lowest BCUT2D eigenvalue weighted by Gasteiger charge is -2.29. The molecule has 1 aromatic rings. The van der Waals surface area contributed by atoms with Gasteiger partial charge in [0, 0.05) is 25.7 Å². The van der Waals surface area contributed by atoms with Crippen molar-refractivity contribution in [3.05, 3.63) is 35.9 Å². The molecule has 2 rings (SSSR count). The summed E-state index contributed by atoms with van der Waals surface area (Å²) in [5, 5.41) is 3.60. The van der Waals surface area contributed by atoms with Crippen LogP contribution in [-0.4, -0.2) is 50.3 Å². The van der Waals surface area contributed by atoms with E-state index < -0.39 is 0 Å². The SMILES string of the molecule is CC(CN1CCOCC1)NCCc1ccccc1. The third kappa shape index (κ3) is 4.77. The molecule has 1 saturated heterocycles. The van der Waals surface area contributed by atoms with Gasteiger partial charge in [0.2, 0.25) is 0 Å². The Kier molecular flexibility index (Phi) is 5.65. The van der Waals surface area contributed by atoms with Gasteiger partial charge in [-0.1, -0.05) is 30.3 Å². The summed E-state index contributed by atoms with van der Waals surface area (Å²) in [5.41, 5.74) is 1.41. The Bertz CT molecular complexity index is 323. The van der Waals surface area contributed by atoms with Crippen LogP contribution in [0.1, 0.15) is 12.5 Å². The molecule has 0 saturated carbocycles. The van der Waals surface area contributed by atoms with Crippen molar-refractivity contribution in [2.45, 2.75) is 19.4 Å². The molecule has 0 aromatic heterocycles. The molecular weight excluding hydrogens is 224 g/mol. The number of hydrogen-bond donors (Lipinski definition) is 1. The van der Waals surface area contributed by atoms with Crippen molar-refractivity contribution in [1.82, 2.24) is 10.2 Å². The molecule has 3 nitrogen and oxygen atoms in total. The summed E-state index contributed by atoms with van der Waals surface area (Å²) in [7, 11) is 0. The second-order valence-electron chi connectivity index (χ2n) is 5.00. The molecular formula is C15H24N2O. The maximum Gasteiger partial charge on any atom is 0.0594 e. The van der Waals surface area contributed by atoms with Crippen LogP contribution in [0.3, 0.4) is 0 Å². The maximum atomic E-state index is 5.36. The molecule has 0 amide bonds. The van der Waals surface area contributed by atoms with Crippen LogP contribution in [0.4, 0.5) is 0 Å². The number of nitrogens with zero attached hydrogens (tertiary/aromatic N) is 1. The van der Waals surface area contributed by atoms with Gasteiger partial charge in [0.15, 0.2) is 0 Å². The molecule has 1 aliphatic heterocycles. The minimum Gasteiger partial charge on any atom is -0.379 e. The summed E-state index contributed by atoms with van der Waals surface area (Å²) in [4.78, 5) is 2.48.